The Morgan fingerprint density at radius 1 is 1.40 bits per heavy atom. The van der Waals surface area contributed by atoms with Crippen LogP contribution >= 0.6 is 34.2 Å². The largest absolute Gasteiger partial charge is 0.409 e. The number of anilines is 1. The molecule has 0 spiro atoms. The second-order valence-electron chi connectivity index (χ2n) is 4.01. The van der Waals surface area contributed by atoms with Crippen LogP contribution in [0, 0.1) is 3.57 Å². The SMILES string of the molecule is N/C(=N/O)c1cc(CNc2ccc(I)cc2Cl)ccn1. The van der Waals surface area contributed by atoms with Gasteiger partial charge in [-0.2, -0.15) is 0 Å². The fraction of sp³-hybridized carbons (Fsp3) is 0.0769. The lowest BCUT2D eigenvalue weighted by atomic mass is 10.2. The highest BCUT2D eigenvalue weighted by Crippen LogP contribution is 2.24. The lowest BCUT2D eigenvalue weighted by molar-refractivity contribution is 0.318. The average molecular weight is 403 g/mol. The third kappa shape index (κ3) is 3.73. The molecule has 0 aliphatic rings. The van der Waals surface area contributed by atoms with Gasteiger partial charge in [-0.15, -0.1) is 0 Å². The Kier molecular flexibility index (Phi) is 5.02. The van der Waals surface area contributed by atoms with E-state index >= 15 is 0 Å². The Hall–Kier alpha value is -1.54. The number of oxime groups is 1. The lowest BCUT2D eigenvalue weighted by Crippen LogP contribution is -2.15. The predicted molar refractivity (Wildman–Crippen MR) is 88.2 cm³/mol. The van der Waals surface area contributed by atoms with Gasteiger partial charge in [-0.25, -0.2) is 0 Å². The van der Waals surface area contributed by atoms with Gasteiger partial charge in [0.1, 0.15) is 5.69 Å². The highest BCUT2D eigenvalue weighted by molar-refractivity contribution is 14.1. The number of benzene rings is 1. The van der Waals surface area contributed by atoms with Crippen LogP contribution in [-0.4, -0.2) is 16.0 Å². The van der Waals surface area contributed by atoms with Crippen molar-refractivity contribution in [3.05, 3.63) is 56.4 Å². The number of nitrogens with zero attached hydrogens (tertiary/aromatic N) is 2. The second kappa shape index (κ2) is 6.76. The van der Waals surface area contributed by atoms with E-state index in [9.17, 15) is 0 Å². The van der Waals surface area contributed by atoms with E-state index in [4.69, 9.17) is 22.5 Å². The maximum absolute atomic E-state index is 8.64. The molecule has 0 fully saturated rings. The van der Waals surface area contributed by atoms with E-state index in [-0.39, 0.29) is 5.84 Å². The summed E-state index contributed by atoms with van der Waals surface area (Å²) in [6.45, 7) is 0.564. The topological polar surface area (TPSA) is 83.5 Å². The van der Waals surface area contributed by atoms with Crippen LogP contribution in [-0.2, 0) is 6.54 Å². The molecule has 0 saturated heterocycles. The van der Waals surface area contributed by atoms with Crippen molar-refractivity contribution in [2.24, 2.45) is 10.9 Å². The molecule has 0 aliphatic carbocycles. The van der Waals surface area contributed by atoms with Gasteiger partial charge in [0.2, 0.25) is 0 Å². The molecule has 0 unspecified atom stereocenters. The van der Waals surface area contributed by atoms with E-state index in [0.717, 1.165) is 14.8 Å². The Balaban J connectivity index is 2.11. The van der Waals surface area contributed by atoms with Crippen molar-refractivity contribution >= 4 is 45.7 Å². The van der Waals surface area contributed by atoms with Crippen molar-refractivity contribution in [3.8, 4) is 0 Å². The van der Waals surface area contributed by atoms with E-state index in [1.54, 1.807) is 12.3 Å². The molecule has 1 aromatic heterocycles. The number of rotatable bonds is 4. The first kappa shape index (κ1) is 14.9. The van der Waals surface area contributed by atoms with Crippen LogP contribution in [0.2, 0.25) is 5.02 Å². The Morgan fingerprint density at radius 3 is 2.90 bits per heavy atom. The summed E-state index contributed by atoms with van der Waals surface area (Å²) in [7, 11) is 0. The molecule has 0 radical (unpaired) electrons. The van der Waals surface area contributed by atoms with Gasteiger partial charge in [-0.05, 0) is 58.5 Å². The molecule has 2 aromatic rings. The average Bonchev–Trinajstić information content (AvgIpc) is 2.46. The normalized spacial score (nSPS) is 11.4. The van der Waals surface area contributed by atoms with Crippen molar-refractivity contribution in [3.63, 3.8) is 0 Å². The number of pyridine rings is 1. The van der Waals surface area contributed by atoms with Crippen LogP contribution in [0.15, 0.2) is 41.7 Å². The first-order chi connectivity index (χ1) is 9.60. The minimum Gasteiger partial charge on any atom is -0.409 e. The van der Waals surface area contributed by atoms with Gasteiger partial charge >= 0.3 is 0 Å². The molecule has 2 rings (SSSR count). The third-order valence-corrected chi connectivity index (χ3v) is 3.59. The van der Waals surface area contributed by atoms with Crippen LogP contribution in [0.1, 0.15) is 11.3 Å². The molecule has 0 atom stereocenters. The minimum absolute atomic E-state index is 0.0147. The Bertz CT molecular complexity index is 648. The zero-order chi connectivity index (χ0) is 14.5. The smallest absolute Gasteiger partial charge is 0.188 e. The van der Waals surface area contributed by atoms with Crippen LogP contribution < -0.4 is 11.1 Å². The number of nitrogens with two attached hydrogens (primary N) is 1. The zero-order valence-corrected chi connectivity index (χ0v) is 13.3. The Labute approximate surface area is 135 Å². The fourth-order valence-electron chi connectivity index (χ4n) is 1.61. The summed E-state index contributed by atoms with van der Waals surface area (Å²) in [4.78, 5) is 4.02. The Morgan fingerprint density at radius 2 is 2.20 bits per heavy atom. The minimum atomic E-state index is -0.0147. The van der Waals surface area contributed by atoms with Gasteiger partial charge < -0.3 is 16.3 Å². The molecule has 104 valence electrons. The number of hydrogen-bond donors (Lipinski definition) is 3. The first-order valence-electron chi connectivity index (χ1n) is 5.72. The molecule has 0 aliphatic heterocycles. The van der Waals surface area contributed by atoms with Gasteiger partial charge in [0.05, 0.1) is 10.7 Å². The summed E-state index contributed by atoms with van der Waals surface area (Å²) in [6, 6.07) is 9.39. The van der Waals surface area contributed by atoms with Crippen LogP contribution in [0.4, 0.5) is 5.69 Å². The van der Waals surface area contributed by atoms with E-state index in [0.29, 0.717) is 17.3 Å². The fourth-order valence-corrected chi connectivity index (χ4v) is 2.53. The molecule has 20 heavy (non-hydrogen) atoms. The monoisotopic (exact) mass is 402 g/mol. The summed E-state index contributed by atoms with van der Waals surface area (Å²) in [5.41, 5.74) is 7.75. The summed E-state index contributed by atoms with van der Waals surface area (Å²) < 4.78 is 1.08. The van der Waals surface area contributed by atoms with Gasteiger partial charge in [0, 0.05) is 16.3 Å². The quantitative estimate of drug-likeness (QED) is 0.241. The lowest BCUT2D eigenvalue weighted by Gasteiger charge is -2.09. The van der Waals surface area contributed by atoms with Crippen molar-refractivity contribution in [1.29, 1.82) is 0 Å². The van der Waals surface area contributed by atoms with E-state index in [1.165, 1.54) is 0 Å². The number of halogens is 2. The van der Waals surface area contributed by atoms with Crippen LogP contribution in [0.3, 0.4) is 0 Å². The van der Waals surface area contributed by atoms with E-state index in [2.05, 4.69) is 38.0 Å². The molecule has 1 heterocycles. The molecule has 4 N–H and O–H groups in total. The molecule has 0 saturated carbocycles. The second-order valence-corrected chi connectivity index (χ2v) is 5.67. The highest BCUT2D eigenvalue weighted by atomic mass is 127. The number of amidine groups is 1. The highest BCUT2D eigenvalue weighted by Gasteiger charge is 2.04. The predicted octanol–water partition coefficient (Wildman–Crippen LogP) is 3.05. The number of hydrogen-bond acceptors (Lipinski definition) is 4. The van der Waals surface area contributed by atoms with Crippen molar-refractivity contribution in [1.82, 2.24) is 4.98 Å². The zero-order valence-electron chi connectivity index (χ0n) is 10.3. The molecule has 1 aromatic carbocycles. The third-order valence-electron chi connectivity index (χ3n) is 2.61. The first-order valence-corrected chi connectivity index (χ1v) is 7.17. The van der Waals surface area contributed by atoms with Crippen molar-refractivity contribution in [2.45, 2.75) is 6.54 Å². The summed E-state index contributed by atoms with van der Waals surface area (Å²) in [6.07, 6.45) is 1.61. The maximum atomic E-state index is 8.64. The number of aromatic nitrogens is 1. The van der Waals surface area contributed by atoms with Crippen molar-refractivity contribution in [2.75, 3.05) is 5.32 Å². The molecule has 5 nitrogen and oxygen atoms in total. The molecule has 0 bridgehead atoms. The summed E-state index contributed by atoms with van der Waals surface area (Å²) in [5, 5.41) is 15.5. The van der Waals surface area contributed by atoms with Gasteiger partial charge in [-0.3, -0.25) is 4.98 Å². The van der Waals surface area contributed by atoms with Gasteiger partial charge in [0.15, 0.2) is 5.84 Å². The summed E-state index contributed by atoms with van der Waals surface area (Å²) >= 11 is 8.35. The standard InChI is InChI=1S/C13H12ClIN4O/c14-10-6-9(15)1-2-11(10)18-7-8-3-4-17-12(5-8)13(16)19-20/h1-6,18,20H,7H2,(H2,16,19). The molecule has 0 amide bonds. The number of nitrogens with one attached hydrogen (secondary N) is 1. The maximum Gasteiger partial charge on any atom is 0.188 e. The van der Waals surface area contributed by atoms with E-state index in [1.807, 2.05) is 24.3 Å². The van der Waals surface area contributed by atoms with Crippen LogP contribution in [0.5, 0.6) is 0 Å². The van der Waals surface area contributed by atoms with Gasteiger partial charge in [0.25, 0.3) is 0 Å². The van der Waals surface area contributed by atoms with Crippen molar-refractivity contribution < 1.29 is 5.21 Å². The molecular formula is C13H12ClIN4O. The molecule has 7 heteroatoms. The van der Waals surface area contributed by atoms with Crippen LogP contribution in [0.25, 0.3) is 0 Å². The molecular weight excluding hydrogens is 391 g/mol. The van der Waals surface area contributed by atoms with E-state index < -0.39 is 0 Å². The summed E-state index contributed by atoms with van der Waals surface area (Å²) in [5.74, 6) is -0.0147. The van der Waals surface area contributed by atoms with Gasteiger partial charge in [-0.1, -0.05) is 16.8 Å².